The molecule has 2 heterocycles. The maximum absolute atomic E-state index is 11.9. The molecule has 1 atom stereocenters. The van der Waals surface area contributed by atoms with E-state index in [0.29, 0.717) is 29.8 Å². The zero-order chi connectivity index (χ0) is 20.5. The van der Waals surface area contributed by atoms with Crippen molar-refractivity contribution in [3.05, 3.63) is 51.8 Å². The molecule has 0 bridgehead atoms. The Balaban J connectivity index is 1.83. The van der Waals surface area contributed by atoms with Gasteiger partial charge in [0.2, 0.25) is 0 Å². The molecule has 6 nitrogen and oxygen atoms in total. The molecule has 1 unspecified atom stereocenters. The van der Waals surface area contributed by atoms with Crippen LogP contribution >= 0.6 is 23.2 Å². The lowest BCUT2D eigenvalue weighted by Gasteiger charge is -2.29. The number of aromatic nitrogens is 2. The SMILES string of the molecule is Cc1nc2c(N[S+](C)[O-])cc(N3CCOCC3)cc2n1Cc1cccc(Cl)c1Cl. The monoisotopic (exact) mass is 452 g/mol. The number of fused-ring (bicyclic) bond motifs is 1. The van der Waals surface area contributed by atoms with Crippen LogP contribution in [0, 0.1) is 6.92 Å². The normalized spacial score (nSPS) is 15.7. The number of rotatable bonds is 5. The maximum Gasteiger partial charge on any atom is 0.121 e. The summed E-state index contributed by atoms with van der Waals surface area (Å²) in [6.45, 7) is 5.51. The van der Waals surface area contributed by atoms with Crippen LogP contribution in [-0.4, -0.2) is 46.7 Å². The smallest absolute Gasteiger partial charge is 0.121 e. The molecule has 2 aromatic carbocycles. The second-order valence-electron chi connectivity index (χ2n) is 6.97. The fourth-order valence-corrected chi connectivity index (χ4v) is 4.45. The molecule has 0 aliphatic carbocycles. The molecule has 1 aromatic heterocycles. The lowest BCUT2D eigenvalue weighted by atomic mass is 10.2. The first kappa shape index (κ1) is 20.6. The van der Waals surface area contributed by atoms with Crippen LogP contribution in [0.2, 0.25) is 10.0 Å². The summed E-state index contributed by atoms with van der Waals surface area (Å²) in [4.78, 5) is 7.02. The van der Waals surface area contributed by atoms with Gasteiger partial charge in [-0.25, -0.2) is 9.71 Å². The van der Waals surface area contributed by atoms with Crippen molar-refractivity contribution in [1.29, 1.82) is 0 Å². The van der Waals surface area contributed by atoms with Gasteiger partial charge in [0.1, 0.15) is 23.3 Å². The molecule has 1 aliphatic rings. The number of nitrogens with zero attached hydrogens (tertiary/aromatic N) is 3. The van der Waals surface area contributed by atoms with Crippen LogP contribution < -0.4 is 9.62 Å². The van der Waals surface area contributed by atoms with Crippen molar-refractivity contribution in [2.75, 3.05) is 42.2 Å². The van der Waals surface area contributed by atoms with Gasteiger partial charge in [-0.3, -0.25) is 0 Å². The Bertz CT molecular complexity index is 1030. The third-order valence-corrected chi connectivity index (χ3v) is 6.38. The summed E-state index contributed by atoms with van der Waals surface area (Å²) < 4.78 is 22.5. The van der Waals surface area contributed by atoms with Crippen molar-refractivity contribution >= 4 is 57.0 Å². The van der Waals surface area contributed by atoms with E-state index in [1.807, 2.05) is 25.1 Å². The number of hydrogen-bond donors (Lipinski definition) is 1. The van der Waals surface area contributed by atoms with E-state index in [4.69, 9.17) is 32.9 Å². The van der Waals surface area contributed by atoms with E-state index in [0.717, 1.165) is 46.9 Å². The highest BCUT2D eigenvalue weighted by molar-refractivity contribution is 7.92. The standard InChI is InChI=1S/C20H22Cl2N4O2S/c1-13-23-20-17(24-29(2)27)10-15(25-6-8-28-9-7-25)11-18(20)26(13)12-14-4-3-5-16(21)19(14)22/h3-5,10-11,24H,6-9,12H2,1-2H3. The maximum atomic E-state index is 11.9. The average Bonchev–Trinajstić information content (AvgIpc) is 3.01. The van der Waals surface area contributed by atoms with E-state index in [1.165, 1.54) is 0 Å². The number of hydrogen-bond acceptors (Lipinski definition) is 5. The lowest BCUT2D eigenvalue weighted by Crippen LogP contribution is -2.36. The zero-order valence-corrected chi connectivity index (χ0v) is 18.6. The summed E-state index contributed by atoms with van der Waals surface area (Å²) >= 11 is 11.4. The average molecular weight is 453 g/mol. The first-order valence-corrected chi connectivity index (χ1v) is 11.6. The van der Waals surface area contributed by atoms with Crippen LogP contribution in [0.3, 0.4) is 0 Å². The molecule has 0 saturated carbocycles. The molecule has 1 N–H and O–H groups in total. The summed E-state index contributed by atoms with van der Waals surface area (Å²) in [6.07, 6.45) is 1.61. The highest BCUT2D eigenvalue weighted by Gasteiger charge is 2.20. The third-order valence-electron chi connectivity index (χ3n) is 5.02. The first-order valence-electron chi connectivity index (χ1n) is 9.30. The summed E-state index contributed by atoms with van der Waals surface area (Å²) in [5.74, 6) is 0.847. The summed E-state index contributed by atoms with van der Waals surface area (Å²) in [5, 5.41) is 1.08. The van der Waals surface area contributed by atoms with Crippen LogP contribution in [0.5, 0.6) is 0 Å². The van der Waals surface area contributed by atoms with Gasteiger partial charge in [0.25, 0.3) is 0 Å². The van der Waals surface area contributed by atoms with Gasteiger partial charge in [0, 0.05) is 18.8 Å². The third kappa shape index (κ3) is 4.29. The second kappa shape index (κ2) is 8.62. The zero-order valence-electron chi connectivity index (χ0n) is 16.2. The minimum absolute atomic E-state index is 0.531. The van der Waals surface area contributed by atoms with Crippen molar-refractivity contribution in [3.63, 3.8) is 0 Å². The number of aryl methyl sites for hydroxylation is 1. The summed E-state index contributed by atoms with van der Waals surface area (Å²) in [5.41, 5.74) is 4.46. The Labute approximate surface area is 183 Å². The molecule has 154 valence electrons. The van der Waals surface area contributed by atoms with Gasteiger partial charge in [-0.2, -0.15) is 0 Å². The molecule has 1 aliphatic heterocycles. The highest BCUT2D eigenvalue weighted by Crippen LogP contribution is 2.33. The van der Waals surface area contributed by atoms with Gasteiger partial charge in [0.15, 0.2) is 0 Å². The Morgan fingerprint density at radius 1 is 1.24 bits per heavy atom. The van der Waals surface area contributed by atoms with E-state index in [1.54, 1.807) is 12.3 Å². The van der Waals surface area contributed by atoms with Crippen molar-refractivity contribution in [1.82, 2.24) is 9.55 Å². The van der Waals surface area contributed by atoms with E-state index in [2.05, 4.69) is 20.3 Å². The Morgan fingerprint density at radius 2 is 2.00 bits per heavy atom. The van der Waals surface area contributed by atoms with Crippen LogP contribution in [0.4, 0.5) is 11.4 Å². The number of ether oxygens (including phenoxy) is 1. The van der Waals surface area contributed by atoms with Gasteiger partial charge < -0.3 is 18.8 Å². The summed E-state index contributed by atoms with van der Waals surface area (Å²) in [7, 11) is 0. The minimum atomic E-state index is -1.21. The molecule has 0 radical (unpaired) electrons. The molecule has 0 amide bonds. The lowest BCUT2D eigenvalue weighted by molar-refractivity contribution is 0.122. The quantitative estimate of drug-likeness (QED) is 0.586. The van der Waals surface area contributed by atoms with Crippen molar-refractivity contribution in [3.8, 4) is 0 Å². The fraction of sp³-hybridized carbons (Fsp3) is 0.350. The number of benzene rings is 2. The highest BCUT2D eigenvalue weighted by atomic mass is 35.5. The molecule has 29 heavy (non-hydrogen) atoms. The van der Waals surface area contributed by atoms with E-state index >= 15 is 0 Å². The Morgan fingerprint density at radius 3 is 2.72 bits per heavy atom. The molecule has 0 spiro atoms. The first-order chi connectivity index (χ1) is 13.9. The van der Waals surface area contributed by atoms with Crippen LogP contribution in [0.1, 0.15) is 11.4 Å². The molecular weight excluding hydrogens is 431 g/mol. The van der Waals surface area contributed by atoms with Gasteiger partial charge in [-0.1, -0.05) is 35.3 Å². The number of morpholine rings is 1. The number of halogens is 2. The Kier molecular flexibility index (Phi) is 6.13. The van der Waals surface area contributed by atoms with Crippen molar-refractivity contribution in [2.45, 2.75) is 13.5 Å². The molecule has 9 heteroatoms. The van der Waals surface area contributed by atoms with Gasteiger partial charge in [0.05, 0.1) is 46.7 Å². The van der Waals surface area contributed by atoms with Crippen LogP contribution in [0.25, 0.3) is 11.0 Å². The fourth-order valence-electron chi connectivity index (χ4n) is 3.60. The van der Waals surface area contributed by atoms with Gasteiger partial charge in [-0.05, 0) is 30.7 Å². The molecular formula is C20H22Cl2N4O2S. The topological polar surface area (TPSA) is 65.4 Å². The van der Waals surface area contributed by atoms with E-state index in [-0.39, 0.29) is 0 Å². The second-order valence-corrected chi connectivity index (χ2v) is 8.87. The number of nitrogens with one attached hydrogen (secondary N) is 1. The molecule has 1 fully saturated rings. The van der Waals surface area contributed by atoms with E-state index < -0.39 is 11.4 Å². The van der Waals surface area contributed by atoms with Crippen LogP contribution in [-0.2, 0) is 22.6 Å². The van der Waals surface area contributed by atoms with Gasteiger partial charge >= 0.3 is 0 Å². The predicted octanol–water partition coefficient (Wildman–Crippen LogP) is 4.24. The predicted molar refractivity (Wildman–Crippen MR) is 121 cm³/mol. The minimum Gasteiger partial charge on any atom is -0.593 e. The summed E-state index contributed by atoms with van der Waals surface area (Å²) in [6, 6.07) is 9.78. The largest absolute Gasteiger partial charge is 0.593 e. The molecule has 4 rings (SSSR count). The molecule has 1 saturated heterocycles. The van der Waals surface area contributed by atoms with Crippen molar-refractivity contribution < 1.29 is 9.29 Å². The van der Waals surface area contributed by atoms with Gasteiger partial charge in [-0.15, -0.1) is 0 Å². The van der Waals surface area contributed by atoms with Crippen molar-refractivity contribution in [2.24, 2.45) is 0 Å². The number of imidazole rings is 1. The Hall–Kier alpha value is -1.64. The van der Waals surface area contributed by atoms with E-state index in [9.17, 15) is 4.55 Å². The van der Waals surface area contributed by atoms with Crippen LogP contribution in [0.15, 0.2) is 30.3 Å². The molecule has 3 aromatic rings. The number of anilines is 2.